The summed E-state index contributed by atoms with van der Waals surface area (Å²) < 4.78 is 40.5. The van der Waals surface area contributed by atoms with Gasteiger partial charge in [0.2, 0.25) is 29.5 Å². The van der Waals surface area contributed by atoms with Crippen LogP contribution in [0.5, 0.6) is 5.75 Å². The summed E-state index contributed by atoms with van der Waals surface area (Å²) >= 11 is 2.23. The first-order valence-electron chi connectivity index (χ1n) is 31.6. The van der Waals surface area contributed by atoms with Crippen LogP contribution >= 0.6 is 22.6 Å². The minimum absolute atomic E-state index is 0.0600. The number of amides is 6. The quantitative estimate of drug-likeness (QED) is 0.0194. The van der Waals surface area contributed by atoms with E-state index in [1.54, 1.807) is 42.7 Å². The normalized spacial score (nSPS) is 17.9. The smallest absolute Gasteiger partial charge is 0.317 e. The second-order valence-corrected chi connectivity index (χ2v) is 24.8. The molecule has 6 rings (SSSR count). The van der Waals surface area contributed by atoms with Crippen molar-refractivity contribution in [3.05, 3.63) is 69.4 Å². The summed E-state index contributed by atoms with van der Waals surface area (Å²) in [5.74, 6) is -9.99. The Hall–Kier alpha value is -7.59. The number of carboxylic acid groups (broad SMARTS) is 3. The molecule has 3 saturated heterocycles. The number of hydrogen-bond acceptors (Lipinski definition) is 19. The number of carbonyl (C=O) groups is 10. The molecule has 0 unspecified atom stereocenters. The van der Waals surface area contributed by atoms with Gasteiger partial charge in [0.25, 0.3) is 11.8 Å². The first-order valence-corrected chi connectivity index (χ1v) is 32.7. The number of benzene rings is 2. The molecule has 0 saturated carbocycles. The second kappa shape index (κ2) is 38.7. The molecule has 3 atom stereocenters. The molecule has 3 aromatic rings. The van der Waals surface area contributed by atoms with Gasteiger partial charge in [-0.3, -0.25) is 82.4 Å². The van der Waals surface area contributed by atoms with Gasteiger partial charge >= 0.3 is 23.9 Å². The molecule has 516 valence electrons. The van der Waals surface area contributed by atoms with Crippen molar-refractivity contribution in [3.63, 3.8) is 0 Å². The van der Waals surface area contributed by atoms with E-state index in [1.807, 2.05) is 24.3 Å². The fourth-order valence-corrected chi connectivity index (χ4v) is 11.7. The van der Waals surface area contributed by atoms with Crippen LogP contribution in [0.15, 0.2) is 59.7 Å². The van der Waals surface area contributed by atoms with Crippen molar-refractivity contribution in [3.8, 4) is 5.75 Å². The number of pyridine rings is 1. The molecule has 7 N–H and O–H groups in total. The summed E-state index contributed by atoms with van der Waals surface area (Å²) in [6.07, 6.45) is 5.53. The molecule has 0 aliphatic carbocycles. The van der Waals surface area contributed by atoms with Gasteiger partial charge in [-0.1, -0.05) is 12.1 Å². The van der Waals surface area contributed by atoms with Crippen LogP contribution in [0.1, 0.15) is 73.7 Å². The van der Waals surface area contributed by atoms with E-state index in [-0.39, 0.29) is 116 Å². The molecular formula is C63H88F2IN13O15. The summed E-state index contributed by atoms with van der Waals surface area (Å²) in [5, 5.41) is 40.5. The Morgan fingerprint density at radius 3 is 1.91 bits per heavy atom. The summed E-state index contributed by atoms with van der Waals surface area (Å²) in [6, 6.07) is 11.1. The molecule has 28 nitrogen and oxygen atoms in total. The molecular weight excluding hydrogens is 1340 g/mol. The Labute approximate surface area is 558 Å². The van der Waals surface area contributed by atoms with Crippen LogP contribution in [0.25, 0.3) is 10.9 Å². The van der Waals surface area contributed by atoms with E-state index in [9.17, 15) is 72.0 Å². The van der Waals surface area contributed by atoms with Crippen LogP contribution in [-0.2, 0) is 54.3 Å². The van der Waals surface area contributed by atoms with Crippen molar-refractivity contribution >= 4 is 99.0 Å². The van der Waals surface area contributed by atoms with E-state index in [1.165, 1.54) is 25.5 Å². The highest BCUT2D eigenvalue weighted by molar-refractivity contribution is 14.1. The van der Waals surface area contributed by atoms with Crippen LogP contribution in [0.4, 0.5) is 8.78 Å². The molecule has 4 heterocycles. The van der Waals surface area contributed by atoms with Crippen molar-refractivity contribution in [2.75, 3.05) is 152 Å². The third-order valence-corrected chi connectivity index (χ3v) is 17.1. The van der Waals surface area contributed by atoms with Crippen LogP contribution in [0.3, 0.4) is 0 Å². The van der Waals surface area contributed by atoms with Gasteiger partial charge in [0.15, 0.2) is 0 Å². The van der Waals surface area contributed by atoms with Crippen LogP contribution in [0, 0.1) is 3.57 Å². The number of aliphatic imine (C=N–C) groups is 1. The molecule has 3 aliphatic rings. The zero-order chi connectivity index (χ0) is 68.2. The van der Waals surface area contributed by atoms with Gasteiger partial charge < -0.3 is 55.9 Å². The number of nitrogens with one attached hydrogen (secondary N) is 4. The van der Waals surface area contributed by atoms with Crippen molar-refractivity contribution < 1.29 is 81.5 Å². The standard InChI is InChI=1S/C63H88F2IN13O15/c1-67-37-46-36-63(64,65)43-79(46)55(82)38-70-60(90)48-17-19-68-50-16-15-47(34-49(48)50)94-33-6-5-20-73-29-31-78(32-30-73)62(92)52(35-59(89)93-2)72-61(91)51(9-3-4-18-69-53(80)10-7-8-44-11-13-45(66)14-12-44)71-54(81)39-74-21-23-75(40-56(83)84)25-27-77(42-58(87)88)28-26-76(24-22-74)41-57(85)86/h11-17,19,34,37,46,51-52H,3-10,18,20-33,35-36,38-43H2,1-2H3,(H,69,80)(H,70,90)(H,71,81)(H,72,91)(H,83,84)(H,85,86)(H,87,88)/t46-,51+,52+/m1/s1. The van der Waals surface area contributed by atoms with E-state index in [0.29, 0.717) is 81.4 Å². The van der Waals surface area contributed by atoms with Gasteiger partial charge in [-0.15, -0.1) is 0 Å². The molecule has 6 amide bonds. The van der Waals surface area contributed by atoms with Gasteiger partial charge in [0.1, 0.15) is 17.8 Å². The molecule has 94 heavy (non-hydrogen) atoms. The van der Waals surface area contributed by atoms with Crippen LogP contribution in [0.2, 0.25) is 0 Å². The van der Waals surface area contributed by atoms with Gasteiger partial charge in [0, 0.05) is 126 Å². The largest absolute Gasteiger partial charge is 0.494 e. The number of nitrogens with zero attached hydrogens (tertiary/aromatic N) is 9. The number of methoxy groups -OCH3 is 1. The van der Waals surface area contributed by atoms with Crippen molar-refractivity contribution in [2.24, 2.45) is 4.99 Å². The van der Waals surface area contributed by atoms with Gasteiger partial charge in [0.05, 0.1) is 76.5 Å². The first kappa shape index (κ1) is 75.4. The number of halogens is 3. The lowest BCUT2D eigenvalue weighted by molar-refractivity contribution is -0.147. The summed E-state index contributed by atoms with van der Waals surface area (Å²) in [7, 11) is 2.59. The summed E-state index contributed by atoms with van der Waals surface area (Å²) in [6.45, 7) is 1.33. The molecule has 1 aromatic heterocycles. The minimum Gasteiger partial charge on any atom is -0.494 e. The highest BCUT2D eigenvalue weighted by Gasteiger charge is 2.46. The minimum atomic E-state index is -3.07. The molecule has 0 radical (unpaired) electrons. The first-order chi connectivity index (χ1) is 45.0. The number of fused-ring (bicyclic) bond motifs is 1. The molecule has 2 aromatic carbocycles. The van der Waals surface area contributed by atoms with Crippen LogP contribution < -0.4 is 26.0 Å². The number of alkyl halides is 2. The zero-order valence-electron chi connectivity index (χ0n) is 53.3. The van der Waals surface area contributed by atoms with Crippen LogP contribution in [-0.4, -0.2) is 296 Å². The zero-order valence-corrected chi connectivity index (χ0v) is 55.5. The van der Waals surface area contributed by atoms with Gasteiger partial charge in [-0.2, -0.15) is 0 Å². The Bertz CT molecular complexity index is 3060. The SMILES string of the molecule is CN=C[C@H]1CC(F)(F)CN1C(=O)CNC(=O)c1ccnc2ccc(OCCCCN3CCN(C(=O)[C@H](CC(=O)OC)NC(=O)[C@H](CCCCNC(=O)CCCc4ccc(I)cc4)NC(=O)CN4CCN(CC(=O)O)CCN(CC(=O)O)CCN(CC(=O)O)CC4)CC3)cc12. The Kier molecular flexibility index (Phi) is 31.1. The highest BCUT2D eigenvalue weighted by Crippen LogP contribution is 2.31. The number of ether oxygens (including phenoxy) is 2. The fourth-order valence-electron chi connectivity index (χ4n) is 11.3. The lowest BCUT2D eigenvalue weighted by Gasteiger charge is -2.36. The molecule has 0 bridgehead atoms. The maximum absolute atomic E-state index is 14.5. The lowest BCUT2D eigenvalue weighted by Crippen LogP contribution is -2.58. The monoisotopic (exact) mass is 1430 g/mol. The molecule has 3 aliphatic heterocycles. The second-order valence-electron chi connectivity index (χ2n) is 23.6. The lowest BCUT2D eigenvalue weighted by atomic mass is 10.1. The number of aryl methyl sites for hydroxylation is 1. The van der Waals surface area contributed by atoms with Crippen molar-refractivity contribution in [1.29, 1.82) is 0 Å². The number of piperazine rings is 1. The number of aromatic nitrogens is 1. The topological polar surface area (TPSA) is 346 Å². The maximum Gasteiger partial charge on any atom is 0.317 e. The highest BCUT2D eigenvalue weighted by atomic mass is 127. The van der Waals surface area contributed by atoms with E-state index in [2.05, 4.69) is 58.7 Å². The number of aliphatic carboxylic acids is 3. The van der Waals surface area contributed by atoms with E-state index < -0.39 is 103 Å². The number of likely N-dealkylation sites (tertiary alicyclic amines) is 1. The maximum atomic E-state index is 14.5. The predicted octanol–water partition coefficient (Wildman–Crippen LogP) is 1.13. The number of rotatable bonds is 33. The molecule has 0 spiro atoms. The third kappa shape index (κ3) is 26.3. The Morgan fingerprint density at radius 1 is 0.713 bits per heavy atom. The fraction of sp³-hybridized carbons (Fsp3) is 0.587. The van der Waals surface area contributed by atoms with Crippen molar-refractivity contribution in [2.45, 2.75) is 88.3 Å². The van der Waals surface area contributed by atoms with Crippen molar-refractivity contribution in [1.82, 2.24) is 60.6 Å². The molecule has 31 heteroatoms. The average molecular weight is 1430 g/mol. The summed E-state index contributed by atoms with van der Waals surface area (Å²) in [5.41, 5.74) is 1.83. The predicted molar refractivity (Wildman–Crippen MR) is 349 cm³/mol. The number of esters is 1. The summed E-state index contributed by atoms with van der Waals surface area (Å²) in [4.78, 5) is 150. The number of hydrogen-bond donors (Lipinski definition) is 7. The number of carboxylic acids is 3. The third-order valence-electron chi connectivity index (χ3n) is 16.4. The Morgan fingerprint density at radius 2 is 1.32 bits per heavy atom. The Balaban J connectivity index is 1.04. The number of carbonyl (C=O) groups excluding carboxylic acids is 7. The van der Waals surface area contributed by atoms with E-state index in [0.717, 1.165) is 27.6 Å². The van der Waals surface area contributed by atoms with Gasteiger partial charge in [-0.25, -0.2) is 8.78 Å². The molecule has 3 fully saturated rings. The number of unbranched alkanes of at least 4 members (excludes halogenated alkanes) is 2. The van der Waals surface area contributed by atoms with E-state index in [4.69, 9.17) is 9.47 Å². The van der Waals surface area contributed by atoms with E-state index >= 15 is 0 Å². The van der Waals surface area contributed by atoms with Gasteiger partial charge in [-0.05, 0) is 116 Å². The average Bonchev–Trinajstić information content (AvgIpc) is 1.20.